The van der Waals surface area contributed by atoms with E-state index < -0.39 is 0 Å². The fourth-order valence-electron chi connectivity index (χ4n) is 4.53. The number of ketones is 1. The Morgan fingerprint density at radius 2 is 2.00 bits per heavy atom. The Morgan fingerprint density at radius 3 is 2.76 bits per heavy atom. The summed E-state index contributed by atoms with van der Waals surface area (Å²) in [5.41, 5.74) is 3.04. The molecule has 4 heteroatoms. The molecule has 1 amide bonds. The van der Waals surface area contributed by atoms with Gasteiger partial charge >= 0.3 is 0 Å². The fraction of sp³-hybridized carbons (Fsp3) is 0.524. The SMILES string of the molecule is O=C1CCC(c2ccccc2)=C1CC(=O)N1CCCC2(CCOC2)C1. The van der Waals surface area contributed by atoms with Crippen LogP contribution in [-0.2, 0) is 14.3 Å². The molecule has 1 aliphatic carbocycles. The predicted octanol–water partition coefficient (Wildman–Crippen LogP) is 3.22. The van der Waals surface area contributed by atoms with E-state index in [1.165, 1.54) is 0 Å². The van der Waals surface area contributed by atoms with Crippen molar-refractivity contribution in [2.24, 2.45) is 5.41 Å². The molecule has 1 aromatic rings. The predicted molar refractivity (Wildman–Crippen MR) is 95.9 cm³/mol. The van der Waals surface area contributed by atoms with Gasteiger partial charge in [-0.05, 0) is 36.8 Å². The third kappa shape index (κ3) is 3.28. The van der Waals surface area contributed by atoms with Crippen LogP contribution in [0.4, 0.5) is 0 Å². The number of hydrogen-bond acceptors (Lipinski definition) is 3. The Morgan fingerprint density at radius 1 is 1.16 bits per heavy atom. The lowest BCUT2D eigenvalue weighted by Gasteiger charge is -2.39. The van der Waals surface area contributed by atoms with Gasteiger partial charge in [0.05, 0.1) is 13.0 Å². The van der Waals surface area contributed by atoms with E-state index in [9.17, 15) is 9.59 Å². The highest BCUT2D eigenvalue weighted by atomic mass is 16.5. The molecule has 0 radical (unpaired) electrons. The van der Waals surface area contributed by atoms with Crippen molar-refractivity contribution in [1.82, 2.24) is 4.90 Å². The average molecular weight is 339 g/mol. The largest absolute Gasteiger partial charge is 0.381 e. The molecule has 25 heavy (non-hydrogen) atoms. The van der Waals surface area contributed by atoms with Gasteiger partial charge in [-0.15, -0.1) is 0 Å². The molecular formula is C21H25NO3. The Labute approximate surface area is 148 Å². The summed E-state index contributed by atoms with van der Waals surface area (Å²) >= 11 is 0. The van der Waals surface area contributed by atoms with Gasteiger partial charge in [-0.3, -0.25) is 9.59 Å². The molecule has 2 heterocycles. The second kappa shape index (κ2) is 6.75. The van der Waals surface area contributed by atoms with E-state index in [4.69, 9.17) is 4.74 Å². The molecule has 1 atom stereocenters. The molecule has 2 aliphatic heterocycles. The lowest BCUT2D eigenvalue weighted by Crippen LogP contribution is -2.46. The van der Waals surface area contributed by atoms with Crippen LogP contribution in [0.2, 0.25) is 0 Å². The number of carbonyl (C=O) groups is 2. The van der Waals surface area contributed by atoms with E-state index in [1.807, 2.05) is 35.2 Å². The minimum atomic E-state index is 0.102. The van der Waals surface area contributed by atoms with Crippen LogP contribution in [0.25, 0.3) is 5.57 Å². The van der Waals surface area contributed by atoms with Crippen LogP contribution in [0.1, 0.15) is 44.1 Å². The molecule has 1 unspecified atom stereocenters. The van der Waals surface area contributed by atoms with Crippen LogP contribution in [0.15, 0.2) is 35.9 Å². The fourth-order valence-corrected chi connectivity index (χ4v) is 4.53. The maximum absolute atomic E-state index is 12.9. The molecule has 4 nitrogen and oxygen atoms in total. The molecule has 1 spiro atoms. The topological polar surface area (TPSA) is 46.6 Å². The number of allylic oxidation sites excluding steroid dienone is 1. The number of nitrogens with zero attached hydrogens (tertiary/aromatic N) is 1. The third-order valence-electron chi connectivity index (χ3n) is 5.95. The summed E-state index contributed by atoms with van der Waals surface area (Å²) in [5, 5.41) is 0. The van der Waals surface area contributed by atoms with Gasteiger partial charge in [0.25, 0.3) is 0 Å². The first-order valence-electron chi connectivity index (χ1n) is 9.33. The molecule has 4 rings (SSSR count). The van der Waals surface area contributed by atoms with Crippen molar-refractivity contribution in [1.29, 1.82) is 0 Å². The normalized spacial score (nSPS) is 26.7. The first-order valence-corrected chi connectivity index (χ1v) is 9.33. The Kier molecular flexibility index (Phi) is 4.46. The first kappa shape index (κ1) is 16.5. The molecule has 132 valence electrons. The van der Waals surface area contributed by atoms with Crippen LogP contribution in [0.3, 0.4) is 0 Å². The van der Waals surface area contributed by atoms with E-state index in [1.54, 1.807) is 0 Å². The van der Waals surface area contributed by atoms with Crippen LogP contribution in [-0.4, -0.2) is 42.9 Å². The summed E-state index contributed by atoms with van der Waals surface area (Å²) in [5.74, 6) is 0.243. The molecule has 0 bridgehead atoms. The third-order valence-corrected chi connectivity index (χ3v) is 5.95. The van der Waals surface area contributed by atoms with Crippen molar-refractivity contribution in [3.63, 3.8) is 0 Å². The lowest BCUT2D eigenvalue weighted by atomic mass is 9.79. The highest BCUT2D eigenvalue weighted by Gasteiger charge is 2.40. The number of benzene rings is 1. The number of rotatable bonds is 3. The quantitative estimate of drug-likeness (QED) is 0.849. The Bertz CT molecular complexity index is 701. The number of hydrogen-bond donors (Lipinski definition) is 0. The van der Waals surface area contributed by atoms with E-state index >= 15 is 0 Å². The van der Waals surface area contributed by atoms with Crippen LogP contribution in [0.5, 0.6) is 0 Å². The maximum atomic E-state index is 12.9. The molecule has 3 aliphatic rings. The van der Waals surface area contributed by atoms with Crippen LogP contribution < -0.4 is 0 Å². The van der Waals surface area contributed by atoms with Crippen molar-refractivity contribution in [3.8, 4) is 0 Å². The summed E-state index contributed by atoms with van der Waals surface area (Å²) in [7, 11) is 0. The number of carbonyl (C=O) groups excluding carboxylic acids is 2. The molecule has 1 aromatic carbocycles. The second-order valence-electron chi connectivity index (χ2n) is 7.64. The van der Waals surface area contributed by atoms with Crippen molar-refractivity contribution in [2.45, 2.75) is 38.5 Å². The van der Waals surface area contributed by atoms with Gasteiger partial charge in [-0.25, -0.2) is 0 Å². The maximum Gasteiger partial charge on any atom is 0.227 e. The van der Waals surface area contributed by atoms with Gasteiger partial charge in [0.2, 0.25) is 5.91 Å². The Balaban J connectivity index is 1.52. The van der Waals surface area contributed by atoms with Gasteiger partial charge in [-0.2, -0.15) is 0 Å². The molecule has 0 saturated carbocycles. The summed E-state index contributed by atoms with van der Waals surface area (Å²) in [4.78, 5) is 27.3. The number of ether oxygens (including phenoxy) is 1. The van der Waals surface area contributed by atoms with Crippen molar-refractivity contribution < 1.29 is 14.3 Å². The van der Waals surface area contributed by atoms with Crippen LogP contribution >= 0.6 is 0 Å². The van der Waals surface area contributed by atoms with Gasteiger partial charge in [0.15, 0.2) is 5.78 Å². The van der Waals surface area contributed by atoms with Gasteiger partial charge in [-0.1, -0.05) is 30.3 Å². The number of piperidine rings is 1. The summed E-state index contributed by atoms with van der Waals surface area (Å²) < 4.78 is 5.59. The highest BCUT2D eigenvalue weighted by molar-refractivity contribution is 6.10. The Hall–Kier alpha value is -1.94. The number of Topliss-reactive ketones (excluding diaryl/α,β-unsaturated/α-hetero) is 1. The van der Waals surface area contributed by atoms with E-state index in [2.05, 4.69) is 0 Å². The zero-order valence-electron chi connectivity index (χ0n) is 14.6. The minimum absolute atomic E-state index is 0.102. The lowest BCUT2D eigenvalue weighted by molar-refractivity contribution is -0.134. The van der Waals surface area contributed by atoms with Crippen molar-refractivity contribution >= 4 is 17.3 Å². The monoisotopic (exact) mass is 339 g/mol. The van der Waals surface area contributed by atoms with E-state index in [0.29, 0.717) is 6.42 Å². The zero-order chi connectivity index (χ0) is 17.3. The molecule has 2 fully saturated rings. The highest BCUT2D eigenvalue weighted by Crippen LogP contribution is 2.39. The minimum Gasteiger partial charge on any atom is -0.381 e. The zero-order valence-corrected chi connectivity index (χ0v) is 14.6. The van der Waals surface area contributed by atoms with E-state index in [-0.39, 0.29) is 23.5 Å². The van der Waals surface area contributed by atoms with Crippen LogP contribution in [0, 0.1) is 5.41 Å². The van der Waals surface area contributed by atoms with Gasteiger partial charge in [0, 0.05) is 37.1 Å². The average Bonchev–Trinajstić information content (AvgIpc) is 3.23. The molecular weight excluding hydrogens is 314 g/mol. The smallest absolute Gasteiger partial charge is 0.227 e. The first-order chi connectivity index (χ1) is 12.2. The van der Waals surface area contributed by atoms with Crippen molar-refractivity contribution in [2.75, 3.05) is 26.3 Å². The summed E-state index contributed by atoms with van der Waals surface area (Å²) in [6.07, 6.45) is 4.77. The standard InChI is InChI=1S/C21H25NO3/c23-19-8-7-17(16-5-2-1-3-6-16)18(19)13-20(24)22-11-4-9-21(14-22)10-12-25-15-21/h1-3,5-6H,4,7-15H2. The molecule has 0 aromatic heterocycles. The van der Waals surface area contributed by atoms with Gasteiger partial charge in [0.1, 0.15) is 0 Å². The summed E-state index contributed by atoms with van der Waals surface area (Å²) in [6.45, 7) is 3.17. The summed E-state index contributed by atoms with van der Waals surface area (Å²) in [6, 6.07) is 10.0. The second-order valence-corrected chi connectivity index (χ2v) is 7.64. The van der Waals surface area contributed by atoms with Crippen molar-refractivity contribution in [3.05, 3.63) is 41.5 Å². The van der Waals surface area contributed by atoms with E-state index in [0.717, 1.165) is 68.7 Å². The number of likely N-dealkylation sites (tertiary alicyclic amines) is 1. The molecule has 0 N–H and O–H groups in total. The number of amides is 1. The van der Waals surface area contributed by atoms with Gasteiger partial charge < -0.3 is 9.64 Å². The molecule has 2 saturated heterocycles.